The summed E-state index contributed by atoms with van der Waals surface area (Å²) in [6.45, 7) is 7.93. The molecule has 2 rings (SSSR count). The number of ether oxygens (including phenoxy) is 1. The van der Waals surface area contributed by atoms with Gasteiger partial charge < -0.3 is 15.0 Å². The zero-order chi connectivity index (χ0) is 9.64. The molecule has 1 atom stereocenters. The Kier molecular flexibility index (Phi) is 4.22. The van der Waals surface area contributed by atoms with E-state index in [1.807, 2.05) is 0 Å². The summed E-state index contributed by atoms with van der Waals surface area (Å²) in [4.78, 5) is 2.51. The van der Waals surface area contributed by atoms with Crippen LogP contribution in [0, 0.1) is 5.92 Å². The molecule has 2 aliphatic heterocycles. The third kappa shape index (κ3) is 3.23. The maximum absolute atomic E-state index is 5.70. The van der Waals surface area contributed by atoms with Gasteiger partial charge in [-0.05, 0) is 44.8 Å². The Balaban J connectivity index is 1.46. The van der Waals surface area contributed by atoms with Crippen LogP contribution in [0.15, 0.2) is 0 Å². The molecule has 14 heavy (non-hydrogen) atoms. The summed E-state index contributed by atoms with van der Waals surface area (Å²) in [6, 6.07) is 0. The van der Waals surface area contributed by atoms with Crippen molar-refractivity contribution in [1.29, 1.82) is 0 Å². The molecule has 2 heterocycles. The first-order valence-corrected chi connectivity index (χ1v) is 5.96. The van der Waals surface area contributed by atoms with Gasteiger partial charge in [-0.2, -0.15) is 0 Å². The van der Waals surface area contributed by atoms with E-state index >= 15 is 0 Å². The van der Waals surface area contributed by atoms with Crippen molar-refractivity contribution in [2.24, 2.45) is 5.92 Å². The van der Waals surface area contributed by atoms with Gasteiger partial charge >= 0.3 is 0 Å². The number of likely N-dealkylation sites (tertiary alicyclic amines) is 1. The normalized spacial score (nSPS) is 28.7. The van der Waals surface area contributed by atoms with Gasteiger partial charge in [-0.25, -0.2) is 0 Å². The van der Waals surface area contributed by atoms with Crippen molar-refractivity contribution in [3.8, 4) is 0 Å². The fraction of sp³-hybridized carbons (Fsp3) is 1.00. The summed E-state index contributed by atoms with van der Waals surface area (Å²) in [5, 5.41) is 3.36. The summed E-state index contributed by atoms with van der Waals surface area (Å²) in [5.41, 5.74) is 0. The van der Waals surface area contributed by atoms with Gasteiger partial charge in [0.15, 0.2) is 0 Å². The fourth-order valence-electron chi connectivity index (χ4n) is 2.31. The second kappa shape index (κ2) is 5.69. The second-order valence-corrected chi connectivity index (χ2v) is 4.48. The Labute approximate surface area is 86.8 Å². The molecule has 0 aromatic carbocycles. The van der Waals surface area contributed by atoms with Gasteiger partial charge in [-0.15, -0.1) is 0 Å². The Hall–Kier alpha value is -0.120. The molecule has 2 fully saturated rings. The third-order valence-corrected chi connectivity index (χ3v) is 3.27. The van der Waals surface area contributed by atoms with Crippen LogP contribution in [0.5, 0.6) is 0 Å². The molecule has 0 bridgehead atoms. The SMILES string of the molecule is C1CCN(CCOC[C@H]2CCNC2)C1. The summed E-state index contributed by atoms with van der Waals surface area (Å²) >= 11 is 0. The molecule has 2 saturated heterocycles. The van der Waals surface area contributed by atoms with Crippen LogP contribution in [0.2, 0.25) is 0 Å². The molecule has 82 valence electrons. The smallest absolute Gasteiger partial charge is 0.0593 e. The van der Waals surface area contributed by atoms with Crippen molar-refractivity contribution in [1.82, 2.24) is 10.2 Å². The van der Waals surface area contributed by atoms with Crippen LogP contribution in [0.25, 0.3) is 0 Å². The number of hydrogen-bond acceptors (Lipinski definition) is 3. The van der Waals surface area contributed by atoms with Crippen molar-refractivity contribution < 1.29 is 4.74 Å². The molecule has 3 nitrogen and oxygen atoms in total. The number of rotatable bonds is 5. The predicted octanol–water partition coefficient (Wildman–Crippen LogP) is 0.708. The molecule has 0 aliphatic carbocycles. The lowest BCUT2D eigenvalue weighted by Crippen LogP contribution is -2.25. The Morgan fingerprint density at radius 3 is 2.86 bits per heavy atom. The van der Waals surface area contributed by atoms with E-state index < -0.39 is 0 Å². The van der Waals surface area contributed by atoms with E-state index in [9.17, 15) is 0 Å². The highest BCUT2D eigenvalue weighted by Crippen LogP contribution is 2.08. The molecule has 0 unspecified atom stereocenters. The molecular weight excluding hydrogens is 176 g/mol. The van der Waals surface area contributed by atoms with E-state index in [0.717, 1.165) is 32.2 Å². The van der Waals surface area contributed by atoms with E-state index in [-0.39, 0.29) is 0 Å². The monoisotopic (exact) mass is 198 g/mol. The lowest BCUT2D eigenvalue weighted by atomic mass is 10.1. The van der Waals surface area contributed by atoms with Crippen molar-refractivity contribution in [2.45, 2.75) is 19.3 Å². The average molecular weight is 198 g/mol. The highest BCUT2D eigenvalue weighted by Gasteiger charge is 2.15. The van der Waals surface area contributed by atoms with Crippen LogP contribution >= 0.6 is 0 Å². The first-order chi connectivity index (χ1) is 6.95. The maximum Gasteiger partial charge on any atom is 0.0593 e. The van der Waals surface area contributed by atoms with Gasteiger partial charge in [0.1, 0.15) is 0 Å². The third-order valence-electron chi connectivity index (χ3n) is 3.27. The largest absolute Gasteiger partial charge is 0.380 e. The predicted molar refractivity (Wildman–Crippen MR) is 57.5 cm³/mol. The fourth-order valence-corrected chi connectivity index (χ4v) is 2.31. The maximum atomic E-state index is 5.70. The lowest BCUT2D eigenvalue weighted by Gasteiger charge is -2.15. The zero-order valence-electron chi connectivity index (χ0n) is 9.00. The van der Waals surface area contributed by atoms with E-state index in [4.69, 9.17) is 4.74 Å². The zero-order valence-corrected chi connectivity index (χ0v) is 9.00. The Bertz CT molecular complexity index is 133. The van der Waals surface area contributed by atoms with Crippen molar-refractivity contribution in [2.75, 3.05) is 45.9 Å². The summed E-state index contributed by atoms with van der Waals surface area (Å²) in [7, 11) is 0. The van der Waals surface area contributed by atoms with Crippen molar-refractivity contribution in [3.63, 3.8) is 0 Å². The van der Waals surface area contributed by atoms with Crippen molar-refractivity contribution in [3.05, 3.63) is 0 Å². The highest BCUT2D eigenvalue weighted by molar-refractivity contribution is 4.70. The summed E-state index contributed by atoms with van der Waals surface area (Å²) in [6.07, 6.45) is 4.06. The van der Waals surface area contributed by atoms with Crippen molar-refractivity contribution >= 4 is 0 Å². The van der Waals surface area contributed by atoms with Crippen LogP contribution in [0.4, 0.5) is 0 Å². The van der Waals surface area contributed by atoms with E-state index in [0.29, 0.717) is 0 Å². The van der Waals surface area contributed by atoms with Gasteiger partial charge in [-0.1, -0.05) is 0 Å². The van der Waals surface area contributed by atoms with Crippen LogP contribution < -0.4 is 5.32 Å². The lowest BCUT2D eigenvalue weighted by molar-refractivity contribution is 0.0873. The van der Waals surface area contributed by atoms with Crippen LogP contribution in [0.3, 0.4) is 0 Å². The molecule has 0 spiro atoms. The second-order valence-electron chi connectivity index (χ2n) is 4.48. The quantitative estimate of drug-likeness (QED) is 0.658. The molecule has 1 N–H and O–H groups in total. The number of nitrogens with zero attached hydrogens (tertiary/aromatic N) is 1. The molecular formula is C11H22N2O. The van der Waals surface area contributed by atoms with Crippen LogP contribution in [-0.2, 0) is 4.74 Å². The standard InChI is InChI=1S/C11H22N2O/c1-2-6-13(5-1)7-8-14-10-11-3-4-12-9-11/h11-12H,1-10H2/t11-/m0/s1. The first kappa shape index (κ1) is 10.4. The van der Waals surface area contributed by atoms with Crippen LogP contribution in [-0.4, -0.2) is 50.8 Å². The molecule has 0 aromatic heterocycles. The number of hydrogen-bond donors (Lipinski definition) is 1. The minimum Gasteiger partial charge on any atom is -0.380 e. The minimum atomic E-state index is 0.772. The Morgan fingerprint density at radius 2 is 2.14 bits per heavy atom. The van der Waals surface area contributed by atoms with E-state index in [2.05, 4.69) is 10.2 Å². The molecule has 3 heteroatoms. The Morgan fingerprint density at radius 1 is 1.29 bits per heavy atom. The van der Waals surface area contributed by atoms with Gasteiger partial charge in [0, 0.05) is 13.1 Å². The molecule has 0 radical (unpaired) electrons. The van der Waals surface area contributed by atoms with Gasteiger partial charge in [0.2, 0.25) is 0 Å². The van der Waals surface area contributed by atoms with Gasteiger partial charge in [-0.3, -0.25) is 0 Å². The first-order valence-electron chi connectivity index (χ1n) is 5.96. The highest BCUT2D eigenvalue weighted by atomic mass is 16.5. The van der Waals surface area contributed by atoms with E-state index in [1.54, 1.807) is 0 Å². The minimum absolute atomic E-state index is 0.772. The molecule has 0 saturated carbocycles. The summed E-state index contributed by atoms with van der Waals surface area (Å²) < 4.78 is 5.70. The molecule has 0 amide bonds. The number of nitrogens with one attached hydrogen (secondary N) is 1. The topological polar surface area (TPSA) is 24.5 Å². The van der Waals surface area contributed by atoms with E-state index in [1.165, 1.54) is 38.9 Å². The van der Waals surface area contributed by atoms with Crippen LogP contribution in [0.1, 0.15) is 19.3 Å². The summed E-state index contributed by atoms with van der Waals surface area (Å²) in [5.74, 6) is 0.772. The van der Waals surface area contributed by atoms with Gasteiger partial charge in [0.25, 0.3) is 0 Å². The molecule has 0 aromatic rings. The average Bonchev–Trinajstić information content (AvgIpc) is 2.86. The van der Waals surface area contributed by atoms with Gasteiger partial charge in [0.05, 0.1) is 13.2 Å². The molecule has 2 aliphatic rings.